The van der Waals surface area contributed by atoms with E-state index in [1.54, 1.807) is 21.0 Å². The van der Waals surface area contributed by atoms with Crippen LogP contribution in [0, 0.1) is 0 Å². The Balaban J connectivity index is 3.18. The number of ether oxygens (including phenoxy) is 1. The molecule has 3 nitrogen and oxygen atoms in total. The van der Waals surface area contributed by atoms with Crippen molar-refractivity contribution in [3.8, 4) is 5.75 Å². The summed E-state index contributed by atoms with van der Waals surface area (Å²) in [5, 5.41) is 9.94. The zero-order chi connectivity index (χ0) is 12.3. The highest BCUT2D eigenvalue weighted by molar-refractivity contribution is 5.40. The summed E-state index contributed by atoms with van der Waals surface area (Å²) in [6.45, 7) is 5.49. The highest BCUT2D eigenvalue weighted by Gasteiger charge is 2.27. The topological polar surface area (TPSA) is 55.5 Å². The van der Waals surface area contributed by atoms with E-state index in [9.17, 15) is 5.11 Å². The molecule has 0 aromatic heterocycles. The van der Waals surface area contributed by atoms with E-state index in [4.69, 9.17) is 10.5 Å². The number of aliphatic hydroxyl groups is 1. The van der Waals surface area contributed by atoms with Crippen LogP contribution in [0.1, 0.15) is 37.9 Å². The Kier molecular flexibility index (Phi) is 3.94. The van der Waals surface area contributed by atoms with E-state index in [-0.39, 0.29) is 0 Å². The highest BCUT2D eigenvalue weighted by atomic mass is 16.5. The quantitative estimate of drug-likeness (QED) is 0.821. The molecule has 0 aliphatic heterocycles. The summed E-state index contributed by atoms with van der Waals surface area (Å²) in [5.41, 5.74) is 7.13. The fourth-order valence-corrected chi connectivity index (χ4v) is 1.63. The maximum Gasteiger partial charge on any atom is 0.123 e. The smallest absolute Gasteiger partial charge is 0.123 e. The number of aryl methyl sites for hydroxylation is 1. The van der Waals surface area contributed by atoms with E-state index in [0.29, 0.717) is 0 Å². The number of hydrogen-bond acceptors (Lipinski definition) is 3. The molecule has 0 saturated carbocycles. The first-order chi connectivity index (χ1) is 7.40. The molecule has 1 unspecified atom stereocenters. The van der Waals surface area contributed by atoms with E-state index >= 15 is 0 Å². The van der Waals surface area contributed by atoms with Gasteiger partial charge < -0.3 is 15.6 Å². The first kappa shape index (κ1) is 13.0. The first-order valence-corrected chi connectivity index (χ1v) is 5.55. The molecule has 0 heterocycles. The molecule has 0 saturated heterocycles. The number of benzene rings is 1. The van der Waals surface area contributed by atoms with Crippen LogP contribution in [0.5, 0.6) is 5.75 Å². The summed E-state index contributed by atoms with van der Waals surface area (Å²) in [6, 6.07) is 5.47. The monoisotopic (exact) mass is 223 g/mol. The van der Waals surface area contributed by atoms with Crippen molar-refractivity contribution in [2.45, 2.75) is 38.8 Å². The van der Waals surface area contributed by atoms with Gasteiger partial charge in [0.25, 0.3) is 0 Å². The van der Waals surface area contributed by atoms with Crippen LogP contribution in [0.25, 0.3) is 0 Å². The molecule has 3 N–H and O–H groups in total. The Morgan fingerprint density at radius 1 is 1.44 bits per heavy atom. The van der Waals surface area contributed by atoms with Crippen molar-refractivity contribution in [2.24, 2.45) is 5.73 Å². The Labute approximate surface area is 97.2 Å². The third kappa shape index (κ3) is 2.74. The molecule has 3 heteroatoms. The van der Waals surface area contributed by atoms with Crippen LogP contribution >= 0.6 is 0 Å². The van der Waals surface area contributed by atoms with Gasteiger partial charge in [0.2, 0.25) is 0 Å². The maximum absolute atomic E-state index is 9.94. The molecule has 90 valence electrons. The SMILES string of the molecule is CCc1ccc(OC)c(C(N)C(C)(C)O)c1. The lowest BCUT2D eigenvalue weighted by Gasteiger charge is -2.27. The standard InChI is InChI=1S/C13H21NO2/c1-5-9-6-7-11(16-4)10(8-9)12(14)13(2,3)15/h6-8,12,15H,5,14H2,1-4H3. The van der Waals surface area contributed by atoms with Crippen LogP contribution in [0.15, 0.2) is 18.2 Å². The van der Waals surface area contributed by atoms with Gasteiger partial charge in [0.1, 0.15) is 5.75 Å². The van der Waals surface area contributed by atoms with Crippen LogP contribution in [0.2, 0.25) is 0 Å². The van der Waals surface area contributed by atoms with Crippen molar-refractivity contribution in [3.05, 3.63) is 29.3 Å². The van der Waals surface area contributed by atoms with Crippen molar-refractivity contribution in [2.75, 3.05) is 7.11 Å². The normalized spacial score (nSPS) is 13.6. The third-order valence-electron chi connectivity index (χ3n) is 2.80. The molecule has 0 aliphatic carbocycles. The van der Waals surface area contributed by atoms with Gasteiger partial charge >= 0.3 is 0 Å². The third-order valence-corrected chi connectivity index (χ3v) is 2.80. The zero-order valence-electron chi connectivity index (χ0n) is 10.4. The molecule has 0 aliphatic rings. The minimum absolute atomic E-state index is 0.450. The second-order valence-electron chi connectivity index (χ2n) is 4.56. The van der Waals surface area contributed by atoms with Crippen molar-refractivity contribution in [3.63, 3.8) is 0 Å². The molecule has 0 fully saturated rings. The van der Waals surface area contributed by atoms with Gasteiger partial charge in [-0.25, -0.2) is 0 Å². The van der Waals surface area contributed by atoms with Crippen molar-refractivity contribution in [1.29, 1.82) is 0 Å². The molecule has 0 spiro atoms. The second kappa shape index (κ2) is 4.85. The predicted octanol–water partition coefficient (Wildman–Crippen LogP) is 2.03. The first-order valence-electron chi connectivity index (χ1n) is 5.55. The number of hydrogen-bond donors (Lipinski definition) is 2. The molecule has 16 heavy (non-hydrogen) atoms. The summed E-state index contributed by atoms with van der Waals surface area (Å²) in [5.74, 6) is 0.729. The van der Waals surface area contributed by atoms with Gasteiger partial charge in [-0.05, 0) is 31.9 Å². The Morgan fingerprint density at radius 2 is 2.06 bits per heavy atom. The summed E-state index contributed by atoms with van der Waals surface area (Å²) in [7, 11) is 1.61. The minimum atomic E-state index is -0.959. The molecular weight excluding hydrogens is 202 g/mol. The molecule has 1 aromatic carbocycles. The van der Waals surface area contributed by atoms with Gasteiger partial charge in [-0.3, -0.25) is 0 Å². The number of rotatable bonds is 4. The van der Waals surface area contributed by atoms with Gasteiger partial charge in [-0.2, -0.15) is 0 Å². The lowest BCUT2D eigenvalue weighted by atomic mass is 9.91. The van der Waals surface area contributed by atoms with E-state index < -0.39 is 11.6 Å². The van der Waals surface area contributed by atoms with Crippen LogP contribution in [0.4, 0.5) is 0 Å². The van der Waals surface area contributed by atoms with E-state index in [1.165, 1.54) is 5.56 Å². The molecule has 0 radical (unpaired) electrons. The summed E-state index contributed by atoms with van der Waals surface area (Å²) < 4.78 is 5.27. The lowest BCUT2D eigenvalue weighted by molar-refractivity contribution is 0.0508. The van der Waals surface area contributed by atoms with Gasteiger partial charge in [0, 0.05) is 5.56 Å². The number of methoxy groups -OCH3 is 1. The molecule has 1 aromatic rings. The van der Waals surface area contributed by atoms with Crippen molar-refractivity contribution < 1.29 is 9.84 Å². The lowest BCUT2D eigenvalue weighted by Crippen LogP contribution is -2.35. The second-order valence-corrected chi connectivity index (χ2v) is 4.56. The van der Waals surface area contributed by atoms with Crippen LogP contribution < -0.4 is 10.5 Å². The zero-order valence-corrected chi connectivity index (χ0v) is 10.4. The van der Waals surface area contributed by atoms with Crippen LogP contribution in [0.3, 0.4) is 0 Å². The molecule has 0 amide bonds. The van der Waals surface area contributed by atoms with Crippen molar-refractivity contribution >= 4 is 0 Å². The average Bonchev–Trinajstić information content (AvgIpc) is 2.25. The van der Waals surface area contributed by atoms with Crippen molar-refractivity contribution in [1.82, 2.24) is 0 Å². The van der Waals surface area contributed by atoms with Crippen LogP contribution in [-0.4, -0.2) is 17.8 Å². The fraction of sp³-hybridized carbons (Fsp3) is 0.538. The summed E-state index contributed by atoms with van der Waals surface area (Å²) in [6.07, 6.45) is 0.940. The molecular formula is C13H21NO2. The Hall–Kier alpha value is -1.06. The van der Waals surface area contributed by atoms with E-state index in [1.807, 2.05) is 18.2 Å². The summed E-state index contributed by atoms with van der Waals surface area (Å²) in [4.78, 5) is 0. The number of nitrogens with two attached hydrogens (primary N) is 1. The fourth-order valence-electron chi connectivity index (χ4n) is 1.63. The largest absolute Gasteiger partial charge is 0.496 e. The minimum Gasteiger partial charge on any atom is -0.496 e. The maximum atomic E-state index is 9.94. The van der Waals surface area contributed by atoms with Crippen LogP contribution in [-0.2, 0) is 6.42 Å². The Bertz CT molecular complexity index is 355. The average molecular weight is 223 g/mol. The van der Waals surface area contributed by atoms with Gasteiger partial charge in [0.05, 0.1) is 18.8 Å². The molecule has 1 atom stereocenters. The molecule has 0 bridgehead atoms. The van der Waals surface area contributed by atoms with E-state index in [0.717, 1.165) is 17.7 Å². The van der Waals surface area contributed by atoms with E-state index in [2.05, 4.69) is 6.92 Å². The summed E-state index contributed by atoms with van der Waals surface area (Å²) >= 11 is 0. The predicted molar refractivity (Wildman–Crippen MR) is 65.6 cm³/mol. The van der Waals surface area contributed by atoms with Gasteiger partial charge in [0.15, 0.2) is 0 Å². The highest BCUT2D eigenvalue weighted by Crippen LogP contribution is 2.31. The Morgan fingerprint density at radius 3 is 2.50 bits per heavy atom. The van der Waals surface area contributed by atoms with Gasteiger partial charge in [-0.15, -0.1) is 0 Å². The van der Waals surface area contributed by atoms with Gasteiger partial charge in [-0.1, -0.05) is 19.1 Å². The molecule has 1 rings (SSSR count).